The summed E-state index contributed by atoms with van der Waals surface area (Å²) in [6, 6.07) is 4.62. The van der Waals surface area contributed by atoms with E-state index in [1.165, 1.54) is 18.7 Å². The summed E-state index contributed by atoms with van der Waals surface area (Å²) in [4.78, 5) is 2.81. The fraction of sp³-hybridized carbons (Fsp3) is 0.429. The Morgan fingerprint density at radius 3 is 1.20 bits per heavy atom. The molecule has 0 spiro atoms. The number of hydrogen-bond donors (Lipinski definition) is 0. The summed E-state index contributed by atoms with van der Waals surface area (Å²) in [7, 11) is -2.52. The minimum Gasteiger partial charge on any atom is -0.143 e. The van der Waals surface area contributed by atoms with Gasteiger partial charge in [0.05, 0.1) is 16.1 Å². The van der Waals surface area contributed by atoms with E-state index in [0.717, 1.165) is 0 Å². The van der Waals surface area contributed by atoms with Gasteiger partial charge in [-0.3, -0.25) is 0 Å². The number of hydrogen-bond acceptors (Lipinski definition) is 2. The van der Waals surface area contributed by atoms with Crippen molar-refractivity contribution in [2.75, 3.05) is 0 Å². The molecule has 0 unspecified atom stereocenters. The van der Waals surface area contributed by atoms with Crippen molar-refractivity contribution in [2.24, 2.45) is 0 Å². The molecule has 0 aliphatic heterocycles. The minimum atomic E-state index is -1.26. The van der Waals surface area contributed by atoms with Crippen LogP contribution >= 0.6 is 54.5 Å². The van der Waals surface area contributed by atoms with Gasteiger partial charge >= 0.3 is 0 Å². The van der Waals surface area contributed by atoms with Crippen LogP contribution in [0.25, 0.3) is 9.75 Å². The molecular formula is C14H20Br2S2Si2. The van der Waals surface area contributed by atoms with Crippen molar-refractivity contribution in [3.8, 4) is 9.75 Å². The zero-order valence-electron chi connectivity index (χ0n) is 12.7. The van der Waals surface area contributed by atoms with E-state index < -0.39 is 16.1 Å². The Balaban J connectivity index is 2.49. The molecule has 0 radical (unpaired) electrons. The molecule has 0 amide bonds. The van der Waals surface area contributed by atoms with Crippen molar-refractivity contribution in [3.63, 3.8) is 0 Å². The van der Waals surface area contributed by atoms with E-state index >= 15 is 0 Å². The van der Waals surface area contributed by atoms with E-state index in [1.54, 1.807) is 9.00 Å². The summed E-state index contributed by atoms with van der Waals surface area (Å²) in [6.45, 7) is 14.4. The summed E-state index contributed by atoms with van der Waals surface area (Å²) in [5.41, 5.74) is 0. The quantitative estimate of drug-likeness (QED) is 0.478. The van der Waals surface area contributed by atoms with E-state index in [-0.39, 0.29) is 0 Å². The van der Waals surface area contributed by atoms with Gasteiger partial charge in [0.1, 0.15) is 0 Å². The third kappa shape index (κ3) is 3.58. The second-order valence-electron chi connectivity index (χ2n) is 7.08. The SMILES string of the molecule is C[Si](C)(C)c1sc(-c2cc(Br)c([Si](C)(C)C)s2)cc1Br. The Labute approximate surface area is 148 Å². The van der Waals surface area contributed by atoms with E-state index in [4.69, 9.17) is 0 Å². The van der Waals surface area contributed by atoms with Crippen molar-refractivity contribution < 1.29 is 0 Å². The normalized spacial score (nSPS) is 13.0. The van der Waals surface area contributed by atoms with Gasteiger partial charge in [0.25, 0.3) is 0 Å². The molecule has 2 aromatic heterocycles. The highest BCUT2D eigenvalue weighted by molar-refractivity contribution is 9.11. The van der Waals surface area contributed by atoms with E-state index in [0.29, 0.717) is 0 Å². The van der Waals surface area contributed by atoms with Crippen LogP contribution in [0.3, 0.4) is 0 Å². The van der Waals surface area contributed by atoms with Crippen LogP contribution in [0, 0.1) is 0 Å². The number of halogens is 2. The van der Waals surface area contributed by atoms with Gasteiger partial charge in [-0.2, -0.15) is 0 Å². The standard InChI is InChI=1S/C14H20Br2S2Si2/c1-19(2,3)13-9(15)7-11(17-13)12-8-10(16)14(18-12)20(4,5)6/h7-8H,1-6H3. The van der Waals surface area contributed by atoms with Crippen molar-refractivity contribution in [1.82, 2.24) is 0 Å². The van der Waals surface area contributed by atoms with Gasteiger partial charge in [0.15, 0.2) is 0 Å². The molecule has 0 aliphatic carbocycles. The zero-order chi connectivity index (χ0) is 15.3. The molecule has 2 heterocycles. The Morgan fingerprint density at radius 1 is 0.700 bits per heavy atom. The first kappa shape index (κ1) is 17.2. The second kappa shape index (κ2) is 5.78. The molecular weight excluding hydrogens is 448 g/mol. The maximum atomic E-state index is 3.76. The number of thiophene rings is 2. The maximum absolute atomic E-state index is 3.76. The summed E-state index contributed by atoms with van der Waals surface area (Å²) in [5.74, 6) is 0. The molecule has 0 aromatic carbocycles. The van der Waals surface area contributed by atoms with Gasteiger partial charge in [-0.25, -0.2) is 0 Å². The lowest BCUT2D eigenvalue weighted by Crippen LogP contribution is -2.35. The molecule has 0 saturated carbocycles. The van der Waals surface area contributed by atoms with Crippen LogP contribution in [-0.4, -0.2) is 16.1 Å². The Morgan fingerprint density at radius 2 is 1.00 bits per heavy atom. The predicted molar refractivity (Wildman–Crippen MR) is 109 cm³/mol. The van der Waals surface area contributed by atoms with Crippen LogP contribution < -0.4 is 9.00 Å². The molecule has 0 atom stereocenters. The highest BCUT2D eigenvalue weighted by Crippen LogP contribution is 2.36. The van der Waals surface area contributed by atoms with Crippen LogP contribution in [0.1, 0.15) is 0 Å². The average molecular weight is 468 g/mol. The third-order valence-corrected chi connectivity index (χ3v) is 15.1. The summed E-state index contributed by atoms with van der Waals surface area (Å²) >= 11 is 11.5. The highest BCUT2D eigenvalue weighted by atomic mass is 79.9. The maximum Gasteiger partial charge on any atom is 0.0919 e. The van der Waals surface area contributed by atoms with Crippen molar-refractivity contribution in [1.29, 1.82) is 0 Å². The first-order valence-corrected chi connectivity index (χ1v) is 16.8. The highest BCUT2D eigenvalue weighted by Gasteiger charge is 2.26. The van der Waals surface area contributed by atoms with Crippen LogP contribution in [0.15, 0.2) is 21.1 Å². The first-order chi connectivity index (χ1) is 9.00. The largest absolute Gasteiger partial charge is 0.143 e. The Kier molecular flexibility index (Phi) is 4.95. The fourth-order valence-electron chi connectivity index (χ4n) is 2.00. The van der Waals surface area contributed by atoms with E-state index in [1.807, 2.05) is 22.7 Å². The van der Waals surface area contributed by atoms with Crippen molar-refractivity contribution in [3.05, 3.63) is 21.1 Å². The number of rotatable bonds is 3. The molecule has 2 rings (SSSR count). The van der Waals surface area contributed by atoms with Crippen molar-refractivity contribution >= 4 is 79.7 Å². The summed E-state index contributed by atoms with van der Waals surface area (Å²) in [6.07, 6.45) is 0. The van der Waals surface area contributed by atoms with Crippen LogP contribution in [0.2, 0.25) is 39.3 Å². The fourth-order valence-corrected chi connectivity index (χ4v) is 13.2. The van der Waals surface area contributed by atoms with Gasteiger partial charge in [-0.05, 0) is 12.1 Å². The minimum absolute atomic E-state index is 1.26. The second-order valence-corrected chi connectivity index (χ2v) is 21.6. The first-order valence-electron chi connectivity index (χ1n) is 6.60. The molecule has 6 heteroatoms. The average Bonchev–Trinajstić information content (AvgIpc) is 2.79. The smallest absolute Gasteiger partial charge is 0.0919 e. The lowest BCUT2D eigenvalue weighted by molar-refractivity contribution is 1.75. The lowest BCUT2D eigenvalue weighted by Gasteiger charge is -2.14. The monoisotopic (exact) mass is 466 g/mol. The van der Waals surface area contributed by atoms with Gasteiger partial charge in [0.2, 0.25) is 0 Å². The molecule has 0 N–H and O–H groups in total. The molecule has 0 bridgehead atoms. The van der Waals surface area contributed by atoms with Gasteiger partial charge < -0.3 is 0 Å². The predicted octanol–water partition coefficient (Wildman–Crippen LogP) is 6.09. The molecule has 0 aliphatic rings. The van der Waals surface area contributed by atoms with Crippen LogP contribution in [-0.2, 0) is 0 Å². The Hall–Kier alpha value is 0.794. The van der Waals surface area contributed by atoms with Crippen molar-refractivity contribution in [2.45, 2.75) is 39.3 Å². The molecule has 0 nitrogen and oxygen atoms in total. The topological polar surface area (TPSA) is 0 Å². The summed E-state index contributed by atoms with van der Waals surface area (Å²) < 4.78 is 5.73. The van der Waals surface area contributed by atoms with E-state index in [2.05, 4.69) is 83.3 Å². The molecule has 0 fully saturated rings. The third-order valence-electron chi connectivity index (χ3n) is 2.98. The Bertz CT molecular complexity index is 574. The van der Waals surface area contributed by atoms with Crippen LogP contribution in [0.4, 0.5) is 0 Å². The van der Waals surface area contributed by atoms with Gasteiger partial charge in [-0.15, -0.1) is 22.7 Å². The lowest BCUT2D eigenvalue weighted by atomic mass is 10.4. The molecule has 20 heavy (non-hydrogen) atoms. The van der Waals surface area contributed by atoms with Gasteiger partial charge in [0, 0.05) is 27.7 Å². The van der Waals surface area contributed by atoms with Crippen LogP contribution in [0.5, 0.6) is 0 Å². The molecule has 110 valence electrons. The zero-order valence-corrected chi connectivity index (χ0v) is 19.5. The molecule has 0 saturated heterocycles. The summed E-state index contributed by atoms with van der Waals surface area (Å²) in [5, 5.41) is 0. The van der Waals surface area contributed by atoms with Gasteiger partial charge in [-0.1, -0.05) is 71.1 Å². The van der Waals surface area contributed by atoms with E-state index in [9.17, 15) is 0 Å². The molecule has 2 aromatic rings.